The second kappa shape index (κ2) is 8.12. The highest BCUT2D eigenvalue weighted by Gasteiger charge is 2.20. The smallest absolute Gasteiger partial charge is 0.251 e. The molecule has 2 aliphatic rings. The molecule has 2 amide bonds. The van der Waals surface area contributed by atoms with Gasteiger partial charge in [0.05, 0.1) is 6.10 Å². The lowest BCUT2D eigenvalue weighted by Gasteiger charge is -2.30. The van der Waals surface area contributed by atoms with Crippen LogP contribution >= 0.6 is 0 Å². The number of carbonyl (C=O) groups is 2. The van der Waals surface area contributed by atoms with Crippen molar-refractivity contribution in [2.75, 3.05) is 25.0 Å². The first-order chi connectivity index (χ1) is 13.6. The molecule has 2 aliphatic heterocycles. The number of hydrogen-bond donors (Lipinski definition) is 3. The van der Waals surface area contributed by atoms with Crippen LogP contribution in [0.15, 0.2) is 42.5 Å². The number of hydrogen-bond acceptors (Lipinski definition) is 4. The molecule has 0 aromatic heterocycles. The number of fused-ring (bicyclic) bond motifs is 2. The zero-order valence-electron chi connectivity index (χ0n) is 15.8. The van der Waals surface area contributed by atoms with Gasteiger partial charge in [0.25, 0.3) is 5.91 Å². The number of β-amino-alcohol motifs (C(OH)–C–C–N with tert-alkyl or cyclic N) is 1. The van der Waals surface area contributed by atoms with E-state index in [2.05, 4.69) is 33.7 Å². The average molecular weight is 379 g/mol. The summed E-state index contributed by atoms with van der Waals surface area (Å²) in [5.41, 5.74) is 4.92. The Hall–Kier alpha value is -2.70. The third kappa shape index (κ3) is 4.24. The molecule has 0 unspecified atom stereocenters. The number of nitrogens with zero attached hydrogens (tertiary/aromatic N) is 1. The van der Waals surface area contributed by atoms with Crippen molar-refractivity contribution >= 4 is 17.5 Å². The molecule has 0 saturated carbocycles. The molecule has 0 fully saturated rings. The number of carbonyl (C=O) groups excluding carboxylic acids is 2. The van der Waals surface area contributed by atoms with Crippen LogP contribution in [-0.4, -0.2) is 47.6 Å². The monoisotopic (exact) mass is 379 g/mol. The molecule has 0 saturated heterocycles. The summed E-state index contributed by atoms with van der Waals surface area (Å²) in [6.45, 7) is 2.45. The van der Waals surface area contributed by atoms with Gasteiger partial charge in [-0.3, -0.25) is 14.5 Å². The molecule has 28 heavy (non-hydrogen) atoms. The van der Waals surface area contributed by atoms with E-state index in [9.17, 15) is 14.7 Å². The van der Waals surface area contributed by atoms with Gasteiger partial charge in [-0.1, -0.05) is 30.3 Å². The van der Waals surface area contributed by atoms with Crippen molar-refractivity contribution in [3.05, 3.63) is 64.7 Å². The molecule has 6 heteroatoms. The molecule has 0 aliphatic carbocycles. The number of anilines is 1. The van der Waals surface area contributed by atoms with Crippen molar-refractivity contribution < 1.29 is 14.7 Å². The quantitative estimate of drug-likeness (QED) is 0.739. The van der Waals surface area contributed by atoms with Crippen LogP contribution in [0.25, 0.3) is 0 Å². The van der Waals surface area contributed by atoms with Gasteiger partial charge in [-0.05, 0) is 41.7 Å². The predicted molar refractivity (Wildman–Crippen MR) is 107 cm³/mol. The van der Waals surface area contributed by atoms with Gasteiger partial charge in [0, 0.05) is 43.9 Å². The van der Waals surface area contributed by atoms with Gasteiger partial charge in [-0.25, -0.2) is 0 Å². The van der Waals surface area contributed by atoms with Gasteiger partial charge in [-0.2, -0.15) is 0 Å². The number of aryl methyl sites for hydroxylation is 1. The maximum atomic E-state index is 12.4. The Morgan fingerprint density at radius 1 is 1.11 bits per heavy atom. The minimum Gasteiger partial charge on any atom is -0.390 e. The SMILES string of the molecule is O=C1CCc2ccc(C(=O)NC[C@H](O)CN3CCc4ccccc4C3)cc2N1. The van der Waals surface area contributed by atoms with Crippen LogP contribution in [0.1, 0.15) is 33.5 Å². The summed E-state index contributed by atoms with van der Waals surface area (Å²) in [5.74, 6) is -0.269. The van der Waals surface area contributed by atoms with Gasteiger partial charge >= 0.3 is 0 Å². The third-order valence-corrected chi connectivity index (χ3v) is 5.44. The molecule has 0 radical (unpaired) electrons. The van der Waals surface area contributed by atoms with Crippen LogP contribution in [0.3, 0.4) is 0 Å². The molecule has 0 bridgehead atoms. The molecule has 2 aromatic carbocycles. The fourth-order valence-electron chi connectivity index (χ4n) is 3.90. The fourth-order valence-corrected chi connectivity index (χ4v) is 3.90. The van der Waals surface area contributed by atoms with Crippen molar-refractivity contribution in [2.45, 2.75) is 31.9 Å². The van der Waals surface area contributed by atoms with E-state index in [1.54, 1.807) is 12.1 Å². The number of nitrogens with one attached hydrogen (secondary N) is 2. The molecule has 6 nitrogen and oxygen atoms in total. The van der Waals surface area contributed by atoms with E-state index < -0.39 is 6.10 Å². The first-order valence-electron chi connectivity index (χ1n) is 9.76. The summed E-state index contributed by atoms with van der Waals surface area (Å²) in [7, 11) is 0. The van der Waals surface area contributed by atoms with Crippen LogP contribution in [0.5, 0.6) is 0 Å². The lowest BCUT2D eigenvalue weighted by Crippen LogP contribution is -2.42. The van der Waals surface area contributed by atoms with Crippen LogP contribution in [0, 0.1) is 0 Å². The minimum atomic E-state index is -0.633. The maximum absolute atomic E-state index is 12.4. The number of benzene rings is 2. The first-order valence-corrected chi connectivity index (χ1v) is 9.76. The second-order valence-electron chi connectivity index (χ2n) is 7.54. The number of rotatable bonds is 5. The molecule has 0 spiro atoms. The van der Waals surface area contributed by atoms with Gasteiger partial charge in [0.1, 0.15) is 0 Å². The standard InChI is InChI=1S/C22H25N3O3/c26-19(14-25-10-9-15-3-1-2-4-18(15)13-25)12-23-22(28)17-6-5-16-7-8-21(27)24-20(16)11-17/h1-6,11,19,26H,7-10,12-14H2,(H,23,28)(H,24,27)/t19-/m0/s1. The maximum Gasteiger partial charge on any atom is 0.251 e. The third-order valence-electron chi connectivity index (χ3n) is 5.44. The highest BCUT2D eigenvalue weighted by molar-refractivity contribution is 5.98. The van der Waals surface area contributed by atoms with Gasteiger partial charge in [-0.15, -0.1) is 0 Å². The fraction of sp³-hybridized carbons (Fsp3) is 0.364. The summed E-state index contributed by atoms with van der Waals surface area (Å²) < 4.78 is 0. The lowest BCUT2D eigenvalue weighted by atomic mass is 10.00. The van der Waals surface area contributed by atoms with E-state index >= 15 is 0 Å². The molecule has 1 atom stereocenters. The van der Waals surface area contributed by atoms with Crippen molar-refractivity contribution in [1.82, 2.24) is 10.2 Å². The predicted octanol–water partition coefficient (Wildman–Crippen LogP) is 1.72. The average Bonchev–Trinajstić information content (AvgIpc) is 2.71. The van der Waals surface area contributed by atoms with Gasteiger partial charge in [0.15, 0.2) is 0 Å². The van der Waals surface area contributed by atoms with Crippen LogP contribution < -0.4 is 10.6 Å². The Kier molecular flexibility index (Phi) is 5.41. The molecule has 146 valence electrons. The number of aliphatic hydroxyl groups is 1. The second-order valence-corrected chi connectivity index (χ2v) is 7.54. The van der Waals surface area contributed by atoms with Crippen molar-refractivity contribution in [1.29, 1.82) is 0 Å². The summed E-state index contributed by atoms with van der Waals surface area (Å²) in [4.78, 5) is 26.2. The Morgan fingerprint density at radius 3 is 2.79 bits per heavy atom. The van der Waals surface area contributed by atoms with Crippen LogP contribution in [0.2, 0.25) is 0 Å². The minimum absolute atomic E-state index is 0.0245. The van der Waals surface area contributed by atoms with E-state index in [4.69, 9.17) is 0 Å². The Labute approximate surface area is 164 Å². The highest BCUT2D eigenvalue weighted by Crippen LogP contribution is 2.23. The zero-order valence-corrected chi connectivity index (χ0v) is 15.8. The summed E-state index contributed by atoms with van der Waals surface area (Å²) in [6, 6.07) is 13.7. The van der Waals surface area contributed by atoms with E-state index in [-0.39, 0.29) is 18.4 Å². The van der Waals surface area contributed by atoms with Crippen molar-refractivity contribution in [3.63, 3.8) is 0 Å². The Morgan fingerprint density at radius 2 is 1.93 bits per heavy atom. The molecular formula is C22H25N3O3. The molecule has 2 aromatic rings. The van der Waals surface area contributed by atoms with E-state index in [1.165, 1.54) is 11.1 Å². The largest absolute Gasteiger partial charge is 0.390 e. The highest BCUT2D eigenvalue weighted by atomic mass is 16.3. The first kappa shape index (κ1) is 18.7. The van der Waals surface area contributed by atoms with E-state index in [1.807, 2.05) is 12.1 Å². The van der Waals surface area contributed by atoms with Crippen molar-refractivity contribution in [2.24, 2.45) is 0 Å². The number of amides is 2. The van der Waals surface area contributed by atoms with Gasteiger partial charge < -0.3 is 15.7 Å². The summed E-state index contributed by atoms with van der Waals surface area (Å²) >= 11 is 0. The molecule has 3 N–H and O–H groups in total. The Bertz CT molecular complexity index is 896. The number of aliphatic hydroxyl groups excluding tert-OH is 1. The van der Waals surface area contributed by atoms with E-state index in [0.717, 1.165) is 25.1 Å². The zero-order chi connectivity index (χ0) is 19.5. The van der Waals surface area contributed by atoms with E-state index in [0.29, 0.717) is 30.6 Å². The molecule has 4 rings (SSSR count). The summed E-state index contributed by atoms with van der Waals surface area (Å²) in [6.07, 6.45) is 1.52. The summed E-state index contributed by atoms with van der Waals surface area (Å²) in [5, 5.41) is 16.0. The van der Waals surface area contributed by atoms with Crippen molar-refractivity contribution in [3.8, 4) is 0 Å². The topological polar surface area (TPSA) is 81.7 Å². The molecule has 2 heterocycles. The molecular weight excluding hydrogens is 354 g/mol. The van der Waals surface area contributed by atoms with Crippen LogP contribution in [0.4, 0.5) is 5.69 Å². The lowest BCUT2D eigenvalue weighted by molar-refractivity contribution is -0.116. The normalized spacial score (nSPS) is 17.2. The van der Waals surface area contributed by atoms with Gasteiger partial charge in [0.2, 0.25) is 5.91 Å². The van der Waals surface area contributed by atoms with Crippen LogP contribution in [-0.2, 0) is 24.2 Å². The Balaban J connectivity index is 1.29.